The van der Waals surface area contributed by atoms with Crippen LogP contribution in [0.3, 0.4) is 0 Å². The molecule has 24 heavy (non-hydrogen) atoms. The summed E-state index contributed by atoms with van der Waals surface area (Å²) >= 11 is 0. The summed E-state index contributed by atoms with van der Waals surface area (Å²) in [6.07, 6.45) is 1.63. The lowest BCUT2D eigenvalue weighted by Crippen LogP contribution is -2.46. The van der Waals surface area contributed by atoms with Crippen molar-refractivity contribution in [3.05, 3.63) is 0 Å². The first-order chi connectivity index (χ1) is 11.3. The summed E-state index contributed by atoms with van der Waals surface area (Å²) in [4.78, 5) is 36.1. The molecular formula is C16H29N3O5. The maximum atomic E-state index is 11.5. The molecule has 0 bridgehead atoms. The maximum Gasteiger partial charge on any atom is 0.407 e. The highest BCUT2D eigenvalue weighted by Gasteiger charge is 2.39. The van der Waals surface area contributed by atoms with E-state index in [1.54, 1.807) is 0 Å². The molecule has 0 spiro atoms. The molecule has 1 rings (SSSR count). The third-order valence-corrected chi connectivity index (χ3v) is 4.46. The van der Waals surface area contributed by atoms with Crippen LogP contribution in [-0.4, -0.2) is 66.3 Å². The summed E-state index contributed by atoms with van der Waals surface area (Å²) in [7, 11) is 1.28. The molecule has 1 fully saturated rings. The van der Waals surface area contributed by atoms with E-state index in [1.165, 1.54) is 14.0 Å². The lowest BCUT2D eigenvalue weighted by molar-refractivity contribution is -0.142. The molecule has 138 valence electrons. The molecule has 3 N–H and O–H groups in total. The lowest BCUT2D eigenvalue weighted by atomic mass is 9.95. The molecule has 0 aromatic carbocycles. The number of amides is 2. The molecule has 2 amide bonds. The molecule has 0 aliphatic carbocycles. The number of carboxylic acids is 1. The SMILES string of the molecule is CCC[C@@H](CN1CC(NC(=O)OC)CC1C(=O)O)C(C)NC(C)=O. The number of nitrogens with one attached hydrogen (secondary N) is 2. The van der Waals surface area contributed by atoms with Gasteiger partial charge in [-0.3, -0.25) is 14.5 Å². The number of methoxy groups -OCH3 is 1. The van der Waals surface area contributed by atoms with Crippen molar-refractivity contribution in [2.75, 3.05) is 20.2 Å². The number of ether oxygens (including phenoxy) is 1. The van der Waals surface area contributed by atoms with Crippen molar-refractivity contribution in [2.24, 2.45) is 5.92 Å². The van der Waals surface area contributed by atoms with Crippen molar-refractivity contribution in [1.82, 2.24) is 15.5 Å². The third kappa shape index (κ3) is 5.99. The standard InChI is InChI=1S/C16H29N3O5/c1-5-6-12(10(2)17-11(3)20)8-19-9-13(18-16(23)24-4)7-14(19)15(21)22/h10,12-14H,5-9H2,1-4H3,(H,17,20)(H,18,23)(H,21,22)/t10?,12-,13?,14?/m0/s1. The number of alkyl carbamates (subject to hydrolysis) is 1. The van der Waals surface area contributed by atoms with Gasteiger partial charge >= 0.3 is 12.1 Å². The number of aliphatic carboxylic acids is 1. The molecule has 8 nitrogen and oxygen atoms in total. The molecule has 1 heterocycles. The highest BCUT2D eigenvalue weighted by molar-refractivity contribution is 5.75. The number of carbonyl (C=O) groups excluding carboxylic acids is 2. The highest BCUT2D eigenvalue weighted by atomic mass is 16.5. The number of rotatable bonds is 8. The number of nitrogens with zero attached hydrogens (tertiary/aromatic N) is 1. The van der Waals surface area contributed by atoms with Crippen LogP contribution in [0.1, 0.15) is 40.0 Å². The van der Waals surface area contributed by atoms with Gasteiger partial charge < -0.3 is 20.5 Å². The van der Waals surface area contributed by atoms with E-state index in [2.05, 4.69) is 22.3 Å². The van der Waals surface area contributed by atoms with Crippen LogP contribution in [0.2, 0.25) is 0 Å². The number of likely N-dealkylation sites (tertiary alicyclic amines) is 1. The zero-order valence-electron chi connectivity index (χ0n) is 14.9. The molecule has 4 atom stereocenters. The average molecular weight is 343 g/mol. The quantitative estimate of drug-likeness (QED) is 0.602. The van der Waals surface area contributed by atoms with Gasteiger partial charge in [-0.25, -0.2) is 4.79 Å². The van der Waals surface area contributed by atoms with Crippen molar-refractivity contribution in [3.63, 3.8) is 0 Å². The second kappa shape index (κ2) is 9.46. The Labute approximate surface area is 142 Å². The van der Waals surface area contributed by atoms with E-state index in [-0.39, 0.29) is 23.9 Å². The summed E-state index contributed by atoms with van der Waals surface area (Å²) < 4.78 is 4.58. The Morgan fingerprint density at radius 2 is 2.04 bits per heavy atom. The monoisotopic (exact) mass is 343 g/mol. The molecular weight excluding hydrogens is 314 g/mol. The molecule has 0 aromatic heterocycles. The lowest BCUT2D eigenvalue weighted by Gasteiger charge is -2.30. The van der Waals surface area contributed by atoms with Crippen LogP contribution in [0, 0.1) is 5.92 Å². The maximum absolute atomic E-state index is 11.5. The molecule has 1 aliphatic rings. The Morgan fingerprint density at radius 1 is 1.38 bits per heavy atom. The van der Waals surface area contributed by atoms with Crippen LogP contribution >= 0.6 is 0 Å². The molecule has 0 aromatic rings. The first-order valence-corrected chi connectivity index (χ1v) is 8.36. The van der Waals surface area contributed by atoms with Crippen molar-refractivity contribution >= 4 is 18.0 Å². The summed E-state index contributed by atoms with van der Waals surface area (Å²) in [6, 6.07) is -0.933. The third-order valence-electron chi connectivity index (χ3n) is 4.46. The van der Waals surface area contributed by atoms with Gasteiger partial charge in [-0.15, -0.1) is 0 Å². The van der Waals surface area contributed by atoms with Gasteiger partial charge in [0, 0.05) is 32.1 Å². The fourth-order valence-corrected chi connectivity index (χ4v) is 3.30. The summed E-state index contributed by atoms with van der Waals surface area (Å²) in [5.74, 6) is -0.839. The number of hydrogen-bond acceptors (Lipinski definition) is 5. The van der Waals surface area contributed by atoms with Crippen LogP contribution in [0.4, 0.5) is 4.79 Å². The predicted molar refractivity (Wildman–Crippen MR) is 88.6 cm³/mol. The van der Waals surface area contributed by atoms with Gasteiger partial charge in [0.2, 0.25) is 5.91 Å². The predicted octanol–water partition coefficient (Wildman–Crippen LogP) is 0.811. The van der Waals surface area contributed by atoms with Crippen molar-refractivity contribution < 1.29 is 24.2 Å². The normalized spacial score (nSPS) is 23.3. The van der Waals surface area contributed by atoms with Crippen molar-refractivity contribution in [1.29, 1.82) is 0 Å². The van der Waals surface area contributed by atoms with Crippen molar-refractivity contribution in [3.8, 4) is 0 Å². The van der Waals surface area contributed by atoms with E-state index >= 15 is 0 Å². The van der Waals surface area contributed by atoms with Gasteiger partial charge in [0.1, 0.15) is 6.04 Å². The molecule has 8 heteroatoms. The minimum absolute atomic E-state index is 0.0375. The van der Waals surface area contributed by atoms with E-state index in [0.717, 1.165) is 12.8 Å². The van der Waals surface area contributed by atoms with E-state index in [1.807, 2.05) is 11.8 Å². The molecule has 3 unspecified atom stereocenters. The summed E-state index contributed by atoms with van der Waals surface area (Å²) in [5.41, 5.74) is 0. The van der Waals surface area contributed by atoms with Crippen LogP contribution in [0.5, 0.6) is 0 Å². The zero-order chi connectivity index (χ0) is 18.3. The fourth-order valence-electron chi connectivity index (χ4n) is 3.30. The minimum atomic E-state index is -0.897. The average Bonchev–Trinajstić information content (AvgIpc) is 2.88. The Bertz CT molecular complexity index is 457. The van der Waals surface area contributed by atoms with Gasteiger partial charge in [-0.1, -0.05) is 13.3 Å². The summed E-state index contributed by atoms with van der Waals surface area (Å²) in [5, 5.41) is 15.0. The first-order valence-electron chi connectivity index (χ1n) is 8.36. The fraction of sp³-hybridized carbons (Fsp3) is 0.812. The zero-order valence-corrected chi connectivity index (χ0v) is 14.9. The molecule has 0 radical (unpaired) electrons. The van der Waals surface area contributed by atoms with Gasteiger partial charge in [0.05, 0.1) is 7.11 Å². The van der Waals surface area contributed by atoms with Crippen LogP contribution in [0.25, 0.3) is 0 Å². The number of carboxylic acid groups (broad SMARTS) is 1. The van der Waals surface area contributed by atoms with Crippen LogP contribution in [-0.2, 0) is 14.3 Å². The second-order valence-corrected chi connectivity index (χ2v) is 6.41. The topological polar surface area (TPSA) is 108 Å². The van der Waals surface area contributed by atoms with E-state index < -0.39 is 18.1 Å². The number of hydrogen-bond donors (Lipinski definition) is 3. The van der Waals surface area contributed by atoms with Crippen molar-refractivity contribution in [2.45, 2.75) is 58.2 Å². The Hall–Kier alpha value is -1.83. The van der Waals surface area contributed by atoms with E-state index in [4.69, 9.17) is 0 Å². The van der Waals surface area contributed by atoms with Gasteiger partial charge in [0.25, 0.3) is 0 Å². The van der Waals surface area contributed by atoms with Gasteiger partial charge in [0.15, 0.2) is 0 Å². The second-order valence-electron chi connectivity index (χ2n) is 6.41. The Balaban J connectivity index is 2.76. The first kappa shape index (κ1) is 20.2. The van der Waals surface area contributed by atoms with Gasteiger partial charge in [-0.05, 0) is 25.7 Å². The largest absolute Gasteiger partial charge is 0.480 e. The van der Waals surface area contributed by atoms with E-state index in [9.17, 15) is 19.5 Å². The summed E-state index contributed by atoms with van der Waals surface area (Å²) in [6.45, 7) is 6.50. The molecule has 1 aliphatic heterocycles. The minimum Gasteiger partial charge on any atom is -0.480 e. The Morgan fingerprint density at radius 3 is 2.54 bits per heavy atom. The molecule has 1 saturated heterocycles. The van der Waals surface area contributed by atoms with Crippen LogP contribution < -0.4 is 10.6 Å². The van der Waals surface area contributed by atoms with E-state index in [0.29, 0.717) is 19.5 Å². The van der Waals surface area contributed by atoms with Crippen LogP contribution in [0.15, 0.2) is 0 Å². The number of carbonyl (C=O) groups is 3. The highest BCUT2D eigenvalue weighted by Crippen LogP contribution is 2.23. The molecule has 0 saturated carbocycles. The van der Waals surface area contributed by atoms with Gasteiger partial charge in [-0.2, -0.15) is 0 Å². The smallest absolute Gasteiger partial charge is 0.407 e. The Kier molecular flexibility index (Phi) is 7.97.